The second-order valence-electron chi connectivity index (χ2n) is 6.66. The van der Waals surface area contributed by atoms with Crippen molar-refractivity contribution in [3.8, 4) is 11.5 Å². The number of anilines is 1. The molecule has 32 heavy (non-hydrogen) atoms. The smallest absolute Gasteiger partial charge is 0.234 e. The summed E-state index contributed by atoms with van der Waals surface area (Å²) in [7, 11) is 1.60. The maximum atomic E-state index is 12.3. The number of thioether (sulfide) groups is 1. The molecule has 0 aliphatic rings. The SMILES string of the molecule is COc1ccc(NC(=O)CSc2nc3ccc(N=Cc4cc(Br)ccc4O)cc3s2)cc1. The van der Waals surface area contributed by atoms with E-state index in [0.717, 1.165) is 36.2 Å². The molecule has 0 unspecified atom stereocenters. The van der Waals surface area contributed by atoms with Gasteiger partial charge in [-0.2, -0.15) is 0 Å². The van der Waals surface area contributed by atoms with Crippen LogP contribution in [0.3, 0.4) is 0 Å². The van der Waals surface area contributed by atoms with Crippen LogP contribution < -0.4 is 10.1 Å². The van der Waals surface area contributed by atoms with Crippen LogP contribution >= 0.6 is 39.0 Å². The standard InChI is InChI=1S/C23H18BrN3O3S2/c1-30-18-6-3-16(4-7-18)26-22(29)13-31-23-27-19-8-5-17(11-21(19)32-23)25-12-14-10-15(24)2-9-20(14)28/h2-12,28H,13H2,1H3,(H,26,29). The van der Waals surface area contributed by atoms with Crippen LogP contribution in [-0.2, 0) is 4.79 Å². The molecule has 162 valence electrons. The molecule has 0 saturated heterocycles. The molecule has 0 atom stereocenters. The van der Waals surface area contributed by atoms with Crippen molar-refractivity contribution in [3.63, 3.8) is 0 Å². The van der Waals surface area contributed by atoms with Gasteiger partial charge in [0.1, 0.15) is 11.5 Å². The van der Waals surface area contributed by atoms with Crippen molar-refractivity contribution in [2.24, 2.45) is 4.99 Å². The third-order valence-electron chi connectivity index (χ3n) is 4.40. The van der Waals surface area contributed by atoms with Crippen molar-refractivity contribution in [1.29, 1.82) is 0 Å². The Bertz CT molecular complexity index is 1290. The number of rotatable bonds is 7. The fraction of sp³-hybridized carbons (Fsp3) is 0.0870. The fourth-order valence-corrected chi connectivity index (χ4v) is 5.09. The molecule has 9 heteroatoms. The third kappa shape index (κ3) is 5.67. The van der Waals surface area contributed by atoms with Gasteiger partial charge in [-0.15, -0.1) is 11.3 Å². The molecule has 6 nitrogen and oxygen atoms in total. The molecule has 4 rings (SSSR count). The minimum Gasteiger partial charge on any atom is -0.507 e. The summed E-state index contributed by atoms with van der Waals surface area (Å²) in [6.45, 7) is 0. The number of thiazole rings is 1. The number of hydrogen-bond donors (Lipinski definition) is 2. The Morgan fingerprint density at radius 1 is 1.22 bits per heavy atom. The molecule has 0 radical (unpaired) electrons. The van der Waals surface area contributed by atoms with E-state index in [1.54, 1.807) is 55.8 Å². The van der Waals surface area contributed by atoms with Crippen LogP contribution in [0.15, 0.2) is 74.5 Å². The number of fused-ring (bicyclic) bond motifs is 1. The number of nitrogens with zero attached hydrogens (tertiary/aromatic N) is 2. The van der Waals surface area contributed by atoms with E-state index in [1.807, 2.05) is 18.2 Å². The Kier molecular flexibility index (Phi) is 7.09. The van der Waals surface area contributed by atoms with Crippen LogP contribution in [0.2, 0.25) is 0 Å². The van der Waals surface area contributed by atoms with Gasteiger partial charge in [-0.25, -0.2) is 4.98 Å². The van der Waals surface area contributed by atoms with Crippen molar-refractivity contribution in [2.75, 3.05) is 18.2 Å². The average Bonchev–Trinajstić information content (AvgIpc) is 3.21. The molecule has 2 N–H and O–H groups in total. The molecular formula is C23H18BrN3O3S2. The summed E-state index contributed by atoms with van der Waals surface area (Å²) in [5.74, 6) is 1.07. The number of hydrogen-bond acceptors (Lipinski definition) is 7. The first-order chi connectivity index (χ1) is 15.5. The Balaban J connectivity index is 1.39. The fourth-order valence-electron chi connectivity index (χ4n) is 2.81. The van der Waals surface area contributed by atoms with Gasteiger partial charge >= 0.3 is 0 Å². The van der Waals surface area contributed by atoms with E-state index in [2.05, 4.69) is 31.2 Å². The number of halogens is 1. The Morgan fingerprint density at radius 3 is 2.81 bits per heavy atom. The lowest BCUT2D eigenvalue weighted by Gasteiger charge is -2.05. The van der Waals surface area contributed by atoms with Gasteiger partial charge in [0.25, 0.3) is 0 Å². The van der Waals surface area contributed by atoms with E-state index < -0.39 is 0 Å². The van der Waals surface area contributed by atoms with Gasteiger partial charge in [0.05, 0.1) is 28.8 Å². The van der Waals surface area contributed by atoms with E-state index in [-0.39, 0.29) is 17.4 Å². The van der Waals surface area contributed by atoms with Crippen LogP contribution in [-0.4, -0.2) is 35.1 Å². The van der Waals surface area contributed by atoms with Gasteiger partial charge in [0, 0.05) is 21.9 Å². The number of benzene rings is 3. The van der Waals surface area contributed by atoms with E-state index in [4.69, 9.17) is 4.74 Å². The number of methoxy groups -OCH3 is 1. The first kappa shape index (κ1) is 22.3. The number of aliphatic imine (C=N–C) groups is 1. The Labute approximate surface area is 201 Å². The van der Waals surface area contributed by atoms with E-state index in [0.29, 0.717) is 5.56 Å². The molecule has 0 spiro atoms. The number of carbonyl (C=O) groups excluding carboxylic acids is 1. The Hall–Kier alpha value is -2.88. The van der Waals surface area contributed by atoms with Crippen molar-refractivity contribution >= 4 is 72.7 Å². The Morgan fingerprint density at radius 2 is 2.03 bits per heavy atom. The zero-order valence-electron chi connectivity index (χ0n) is 16.9. The molecule has 0 fully saturated rings. The predicted octanol–water partition coefficient (Wildman–Crippen LogP) is 6.25. The normalized spacial score (nSPS) is 11.2. The molecule has 0 bridgehead atoms. The first-order valence-electron chi connectivity index (χ1n) is 9.50. The predicted molar refractivity (Wildman–Crippen MR) is 135 cm³/mol. The minimum absolute atomic E-state index is 0.0986. The molecular weight excluding hydrogens is 510 g/mol. The molecule has 1 heterocycles. The summed E-state index contributed by atoms with van der Waals surface area (Å²) in [5, 5.41) is 12.8. The number of aromatic nitrogens is 1. The summed E-state index contributed by atoms with van der Waals surface area (Å²) in [5.41, 5.74) is 2.97. The van der Waals surface area contributed by atoms with Gasteiger partial charge in [-0.05, 0) is 60.7 Å². The average molecular weight is 528 g/mol. The lowest BCUT2D eigenvalue weighted by molar-refractivity contribution is -0.113. The molecule has 0 aliphatic heterocycles. The van der Waals surface area contributed by atoms with E-state index in [1.165, 1.54) is 23.1 Å². The summed E-state index contributed by atoms with van der Waals surface area (Å²) < 4.78 is 7.78. The van der Waals surface area contributed by atoms with Crippen molar-refractivity contribution in [1.82, 2.24) is 4.98 Å². The van der Waals surface area contributed by atoms with E-state index in [9.17, 15) is 9.90 Å². The van der Waals surface area contributed by atoms with Gasteiger partial charge in [0.15, 0.2) is 4.34 Å². The van der Waals surface area contributed by atoms with Gasteiger partial charge < -0.3 is 15.2 Å². The maximum absolute atomic E-state index is 12.3. The minimum atomic E-state index is -0.0986. The highest BCUT2D eigenvalue weighted by Crippen LogP contribution is 2.32. The van der Waals surface area contributed by atoms with E-state index >= 15 is 0 Å². The quantitative estimate of drug-likeness (QED) is 0.219. The van der Waals surface area contributed by atoms with Crippen LogP contribution in [0.25, 0.3) is 10.2 Å². The molecule has 1 aromatic heterocycles. The molecule has 0 aliphatic carbocycles. The topological polar surface area (TPSA) is 83.8 Å². The number of carbonyl (C=O) groups is 1. The summed E-state index contributed by atoms with van der Waals surface area (Å²) in [6.07, 6.45) is 1.63. The second-order valence-corrected chi connectivity index (χ2v) is 9.83. The monoisotopic (exact) mass is 527 g/mol. The second kappa shape index (κ2) is 10.2. The molecule has 3 aromatic carbocycles. The number of aromatic hydroxyl groups is 1. The lowest BCUT2D eigenvalue weighted by Crippen LogP contribution is -2.13. The van der Waals surface area contributed by atoms with Crippen molar-refractivity contribution in [2.45, 2.75) is 4.34 Å². The number of phenols is 1. The van der Waals surface area contributed by atoms with Crippen LogP contribution in [0.4, 0.5) is 11.4 Å². The van der Waals surface area contributed by atoms with Crippen LogP contribution in [0.1, 0.15) is 5.56 Å². The van der Waals surface area contributed by atoms with Crippen LogP contribution in [0, 0.1) is 0 Å². The summed E-state index contributed by atoms with van der Waals surface area (Å²) in [6, 6.07) is 18.1. The highest BCUT2D eigenvalue weighted by molar-refractivity contribution is 9.10. The van der Waals surface area contributed by atoms with Crippen molar-refractivity contribution < 1.29 is 14.6 Å². The van der Waals surface area contributed by atoms with Gasteiger partial charge in [0.2, 0.25) is 5.91 Å². The highest BCUT2D eigenvalue weighted by atomic mass is 79.9. The molecule has 0 saturated carbocycles. The third-order valence-corrected chi connectivity index (χ3v) is 7.05. The van der Waals surface area contributed by atoms with Crippen LogP contribution in [0.5, 0.6) is 11.5 Å². The maximum Gasteiger partial charge on any atom is 0.234 e. The first-order valence-corrected chi connectivity index (χ1v) is 12.1. The summed E-state index contributed by atoms with van der Waals surface area (Å²) in [4.78, 5) is 21.3. The zero-order chi connectivity index (χ0) is 22.5. The highest BCUT2D eigenvalue weighted by Gasteiger charge is 2.09. The summed E-state index contributed by atoms with van der Waals surface area (Å²) >= 11 is 6.30. The number of ether oxygens (including phenoxy) is 1. The van der Waals surface area contributed by atoms with Gasteiger partial charge in [-0.1, -0.05) is 27.7 Å². The van der Waals surface area contributed by atoms with Crippen molar-refractivity contribution in [3.05, 3.63) is 70.7 Å². The zero-order valence-corrected chi connectivity index (χ0v) is 20.1. The number of phenolic OH excluding ortho intramolecular Hbond substituents is 1. The number of amides is 1. The number of nitrogens with one attached hydrogen (secondary N) is 1. The molecule has 1 amide bonds. The molecule has 4 aromatic rings. The lowest BCUT2D eigenvalue weighted by atomic mass is 10.2. The van der Waals surface area contributed by atoms with Gasteiger partial charge in [-0.3, -0.25) is 9.79 Å². The largest absolute Gasteiger partial charge is 0.507 e.